The number of aromatic nitrogens is 3. The molecule has 0 radical (unpaired) electrons. The number of hydrogen-bond donors (Lipinski definition) is 1. The average molecular weight is 358 g/mol. The molecule has 2 rings (SSSR count). The minimum absolute atomic E-state index is 0.0531. The van der Waals surface area contributed by atoms with E-state index in [9.17, 15) is 0 Å². The molecule has 4 nitrogen and oxygen atoms in total. The number of halogens is 2. The normalized spacial score (nSPS) is 11.9. The summed E-state index contributed by atoms with van der Waals surface area (Å²) in [6, 6.07) is 3.86. The van der Waals surface area contributed by atoms with Gasteiger partial charge in [0.15, 0.2) is 0 Å². The summed E-state index contributed by atoms with van der Waals surface area (Å²) >= 11 is 9.70. The van der Waals surface area contributed by atoms with Gasteiger partial charge in [0, 0.05) is 21.6 Å². The fourth-order valence-electron chi connectivity index (χ4n) is 1.66. The molecule has 1 aromatic carbocycles. The Kier molecular flexibility index (Phi) is 4.52. The second-order valence-electron chi connectivity index (χ2n) is 5.81. The van der Waals surface area contributed by atoms with E-state index in [1.54, 1.807) is 4.68 Å². The first-order valence-electron chi connectivity index (χ1n) is 6.38. The van der Waals surface area contributed by atoms with Gasteiger partial charge in [-0.25, -0.2) is 4.68 Å². The van der Waals surface area contributed by atoms with Crippen LogP contribution < -0.4 is 5.32 Å². The van der Waals surface area contributed by atoms with Gasteiger partial charge < -0.3 is 5.32 Å². The van der Waals surface area contributed by atoms with Crippen LogP contribution in [0.4, 0.5) is 0 Å². The third kappa shape index (κ3) is 3.81. The molecular formula is C14H18BrClN4. The number of hydrogen-bond acceptors (Lipinski definition) is 3. The van der Waals surface area contributed by atoms with E-state index in [-0.39, 0.29) is 5.54 Å². The molecule has 0 spiro atoms. The number of benzene rings is 1. The van der Waals surface area contributed by atoms with Crippen LogP contribution in [0.25, 0.3) is 5.69 Å². The molecule has 108 valence electrons. The van der Waals surface area contributed by atoms with E-state index >= 15 is 0 Å². The predicted octanol–water partition coefficient (Wildman–Crippen LogP) is 3.88. The van der Waals surface area contributed by atoms with Gasteiger partial charge in [0.1, 0.15) is 0 Å². The van der Waals surface area contributed by atoms with Gasteiger partial charge in [0.05, 0.1) is 17.6 Å². The van der Waals surface area contributed by atoms with Gasteiger partial charge in [-0.15, -0.1) is 5.10 Å². The third-order valence-corrected chi connectivity index (χ3v) is 3.86. The van der Waals surface area contributed by atoms with Crippen LogP contribution >= 0.6 is 27.5 Å². The first-order valence-corrected chi connectivity index (χ1v) is 7.55. The standard InChI is InChI=1S/C14H18BrClN4/c1-9-5-11(15)13(6-12(9)16)20-8-10(18-19-20)7-17-14(2,3)4/h5-6,8,17H,7H2,1-4H3. The van der Waals surface area contributed by atoms with Crippen molar-refractivity contribution in [1.82, 2.24) is 20.3 Å². The van der Waals surface area contributed by atoms with E-state index in [1.807, 2.05) is 25.3 Å². The zero-order chi connectivity index (χ0) is 14.9. The summed E-state index contributed by atoms with van der Waals surface area (Å²) in [5, 5.41) is 12.4. The molecule has 0 aliphatic heterocycles. The minimum Gasteiger partial charge on any atom is -0.306 e. The van der Waals surface area contributed by atoms with Crippen molar-refractivity contribution in [2.75, 3.05) is 0 Å². The Hall–Kier alpha value is -0.910. The fraction of sp³-hybridized carbons (Fsp3) is 0.429. The molecule has 0 amide bonds. The molecule has 20 heavy (non-hydrogen) atoms. The zero-order valence-electron chi connectivity index (χ0n) is 12.0. The van der Waals surface area contributed by atoms with Gasteiger partial charge in [0.2, 0.25) is 0 Å². The van der Waals surface area contributed by atoms with E-state index in [0.717, 1.165) is 21.4 Å². The summed E-state index contributed by atoms with van der Waals surface area (Å²) in [5.74, 6) is 0. The average Bonchev–Trinajstić information content (AvgIpc) is 2.79. The van der Waals surface area contributed by atoms with Crippen molar-refractivity contribution < 1.29 is 0 Å². The van der Waals surface area contributed by atoms with Crippen LogP contribution in [0.2, 0.25) is 5.02 Å². The van der Waals surface area contributed by atoms with Gasteiger partial charge in [-0.3, -0.25) is 0 Å². The number of nitrogens with zero attached hydrogens (tertiary/aromatic N) is 3. The molecule has 0 bridgehead atoms. The molecule has 1 N–H and O–H groups in total. The number of rotatable bonds is 3. The highest BCUT2D eigenvalue weighted by Gasteiger charge is 2.12. The Morgan fingerprint density at radius 2 is 2.05 bits per heavy atom. The summed E-state index contributed by atoms with van der Waals surface area (Å²) < 4.78 is 2.68. The number of aryl methyl sites for hydroxylation is 1. The summed E-state index contributed by atoms with van der Waals surface area (Å²) in [6.07, 6.45) is 1.91. The Labute approximate surface area is 132 Å². The van der Waals surface area contributed by atoms with Crippen molar-refractivity contribution >= 4 is 27.5 Å². The highest BCUT2D eigenvalue weighted by Crippen LogP contribution is 2.27. The van der Waals surface area contributed by atoms with Crippen molar-refractivity contribution in [1.29, 1.82) is 0 Å². The second kappa shape index (κ2) is 5.84. The van der Waals surface area contributed by atoms with Crippen molar-refractivity contribution in [2.45, 2.75) is 39.8 Å². The molecule has 0 fully saturated rings. The summed E-state index contributed by atoms with van der Waals surface area (Å²) in [6.45, 7) is 9.01. The highest BCUT2D eigenvalue weighted by molar-refractivity contribution is 9.10. The topological polar surface area (TPSA) is 42.7 Å². The smallest absolute Gasteiger partial charge is 0.0969 e. The first kappa shape index (κ1) is 15.5. The molecule has 0 unspecified atom stereocenters. The van der Waals surface area contributed by atoms with E-state index in [1.165, 1.54) is 0 Å². The molecular weight excluding hydrogens is 340 g/mol. The van der Waals surface area contributed by atoms with Crippen LogP contribution in [-0.4, -0.2) is 20.5 Å². The monoisotopic (exact) mass is 356 g/mol. The maximum Gasteiger partial charge on any atom is 0.0969 e. The van der Waals surface area contributed by atoms with Gasteiger partial charge in [-0.2, -0.15) is 0 Å². The van der Waals surface area contributed by atoms with Crippen molar-refractivity contribution in [2.24, 2.45) is 0 Å². The van der Waals surface area contributed by atoms with Gasteiger partial charge >= 0.3 is 0 Å². The van der Waals surface area contributed by atoms with Crippen molar-refractivity contribution in [3.8, 4) is 5.69 Å². The lowest BCUT2D eigenvalue weighted by atomic mass is 10.1. The van der Waals surface area contributed by atoms with Crippen LogP contribution in [0.5, 0.6) is 0 Å². The molecule has 0 aliphatic rings. The molecule has 6 heteroatoms. The van der Waals surface area contributed by atoms with Gasteiger partial charge in [0.25, 0.3) is 0 Å². The Bertz CT molecular complexity index is 616. The molecule has 0 aliphatic carbocycles. The van der Waals surface area contributed by atoms with Gasteiger partial charge in [-0.05, 0) is 61.3 Å². The van der Waals surface area contributed by atoms with Crippen molar-refractivity contribution in [3.05, 3.63) is 39.1 Å². The molecule has 2 aromatic rings. The maximum atomic E-state index is 6.17. The Morgan fingerprint density at radius 1 is 1.35 bits per heavy atom. The van der Waals surface area contributed by atoms with Crippen LogP contribution in [0.15, 0.2) is 22.8 Å². The third-order valence-electron chi connectivity index (χ3n) is 2.82. The SMILES string of the molecule is Cc1cc(Br)c(-n2cc(CNC(C)(C)C)nn2)cc1Cl. The fourth-order valence-corrected chi connectivity index (χ4v) is 2.46. The maximum absolute atomic E-state index is 6.17. The van der Waals surface area contributed by atoms with E-state index < -0.39 is 0 Å². The Balaban J connectivity index is 2.23. The quantitative estimate of drug-likeness (QED) is 0.906. The van der Waals surface area contributed by atoms with Crippen LogP contribution in [0, 0.1) is 6.92 Å². The summed E-state index contributed by atoms with van der Waals surface area (Å²) in [4.78, 5) is 0. The largest absolute Gasteiger partial charge is 0.306 e. The van der Waals surface area contributed by atoms with Crippen LogP contribution in [-0.2, 0) is 6.54 Å². The zero-order valence-corrected chi connectivity index (χ0v) is 14.4. The Morgan fingerprint density at radius 3 is 2.70 bits per heavy atom. The van der Waals surface area contributed by atoms with Crippen LogP contribution in [0.1, 0.15) is 32.0 Å². The molecule has 0 saturated carbocycles. The van der Waals surface area contributed by atoms with Crippen LogP contribution in [0.3, 0.4) is 0 Å². The van der Waals surface area contributed by atoms with E-state index in [0.29, 0.717) is 11.6 Å². The van der Waals surface area contributed by atoms with Crippen molar-refractivity contribution in [3.63, 3.8) is 0 Å². The molecule has 0 saturated heterocycles. The second-order valence-corrected chi connectivity index (χ2v) is 7.07. The molecule has 1 heterocycles. The predicted molar refractivity (Wildman–Crippen MR) is 85.4 cm³/mol. The molecule has 1 aromatic heterocycles. The summed E-state index contributed by atoms with van der Waals surface area (Å²) in [5.41, 5.74) is 2.85. The first-order chi connectivity index (χ1) is 9.26. The lowest BCUT2D eigenvalue weighted by molar-refractivity contribution is 0.421. The summed E-state index contributed by atoms with van der Waals surface area (Å²) in [7, 11) is 0. The van der Waals surface area contributed by atoms with E-state index in [2.05, 4.69) is 52.3 Å². The van der Waals surface area contributed by atoms with Gasteiger partial charge in [-0.1, -0.05) is 16.8 Å². The number of nitrogens with one attached hydrogen (secondary N) is 1. The molecule has 0 atom stereocenters. The highest BCUT2D eigenvalue weighted by atomic mass is 79.9. The van der Waals surface area contributed by atoms with E-state index in [4.69, 9.17) is 11.6 Å². The lowest BCUT2D eigenvalue weighted by Crippen LogP contribution is -2.35. The minimum atomic E-state index is 0.0531. The lowest BCUT2D eigenvalue weighted by Gasteiger charge is -2.19.